The van der Waals surface area contributed by atoms with Crippen LogP contribution in [0.4, 0.5) is 20.2 Å². The van der Waals surface area contributed by atoms with Crippen LogP contribution in [-0.4, -0.2) is 64.5 Å². The van der Waals surface area contributed by atoms with E-state index >= 15 is 0 Å². The second-order valence-electron chi connectivity index (χ2n) is 7.57. The molecule has 1 aliphatic rings. The van der Waals surface area contributed by atoms with Crippen molar-refractivity contribution < 1.29 is 18.4 Å². The van der Waals surface area contributed by atoms with Gasteiger partial charge in [0.2, 0.25) is 10.9 Å². The van der Waals surface area contributed by atoms with Gasteiger partial charge in [-0.2, -0.15) is 0 Å². The molecule has 11 heteroatoms. The summed E-state index contributed by atoms with van der Waals surface area (Å²) in [5, 5.41) is 14.5. The predicted molar refractivity (Wildman–Crippen MR) is 121 cm³/mol. The van der Waals surface area contributed by atoms with E-state index in [0.717, 1.165) is 18.1 Å². The first-order chi connectivity index (χ1) is 15.9. The molecule has 0 aliphatic carbocycles. The van der Waals surface area contributed by atoms with Crippen LogP contribution in [0.15, 0.2) is 48.5 Å². The van der Waals surface area contributed by atoms with Crippen LogP contribution in [0.25, 0.3) is 0 Å². The Balaban J connectivity index is 1.21. The first-order valence-electron chi connectivity index (χ1n) is 10.3. The van der Waals surface area contributed by atoms with Gasteiger partial charge >= 0.3 is 0 Å². The number of hydrogen-bond acceptors (Lipinski definition) is 7. The van der Waals surface area contributed by atoms with Gasteiger partial charge in [0.25, 0.3) is 5.91 Å². The normalized spacial score (nSPS) is 14.7. The molecule has 2 aromatic carbocycles. The number of aromatic nitrogens is 2. The lowest BCUT2D eigenvalue weighted by molar-refractivity contribution is -0.117. The van der Waals surface area contributed by atoms with Gasteiger partial charge < -0.3 is 10.6 Å². The third-order valence-electron chi connectivity index (χ3n) is 5.08. The maximum Gasteiger partial charge on any atom is 0.286 e. The van der Waals surface area contributed by atoms with Crippen molar-refractivity contribution in [3.05, 3.63) is 70.2 Å². The zero-order valence-corrected chi connectivity index (χ0v) is 18.4. The lowest BCUT2D eigenvalue weighted by atomic mass is 10.3. The van der Waals surface area contributed by atoms with E-state index in [2.05, 4.69) is 30.6 Å². The van der Waals surface area contributed by atoms with E-state index in [1.54, 1.807) is 0 Å². The molecule has 2 amide bonds. The van der Waals surface area contributed by atoms with Gasteiger partial charge in [-0.1, -0.05) is 11.3 Å². The Kier molecular flexibility index (Phi) is 7.33. The monoisotopic (exact) mass is 472 g/mol. The Hall–Kier alpha value is -3.28. The van der Waals surface area contributed by atoms with Crippen molar-refractivity contribution in [2.45, 2.75) is 6.54 Å². The molecule has 0 bridgehead atoms. The van der Waals surface area contributed by atoms with E-state index in [9.17, 15) is 18.4 Å². The molecule has 172 valence electrons. The number of carbonyl (C=O) groups is 2. The number of rotatable bonds is 7. The van der Waals surface area contributed by atoms with E-state index in [1.165, 1.54) is 59.9 Å². The number of nitrogens with one attached hydrogen (secondary N) is 2. The van der Waals surface area contributed by atoms with Crippen LogP contribution in [0, 0.1) is 11.6 Å². The van der Waals surface area contributed by atoms with Crippen molar-refractivity contribution >= 4 is 34.5 Å². The molecular formula is C22H22F2N6O2S. The second kappa shape index (κ2) is 10.6. The molecule has 1 saturated heterocycles. The van der Waals surface area contributed by atoms with Crippen LogP contribution in [0.1, 0.15) is 14.8 Å². The van der Waals surface area contributed by atoms with Crippen LogP contribution < -0.4 is 10.6 Å². The number of nitrogens with zero attached hydrogens (tertiary/aromatic N) is 4. The van der Waals surface area contributed by atoms with E-state index in [1.807, 2.05) is 0 Å². The molecule has 1 aromatic heterocycles. The summed E-state index contributed by atoms with van der Waals surface area (Å²) in [4.78, 5) is 28.8. The van der Waals surface area contributed by atoms with E-state index in [-0.39, 0.29) is 35.0 Å². The highest BCUT2D eigenvalue weighted by Crippen LogP contribution is 2.16. The first kappa shape index (κ1) is 22.9. The molecule has 2 heterocycles. The Labute approximate surface area is 193 Å². The molecule has 2 N–H and O–H groups in total. The van der Waals surface area contributed by atoms with Crippen LogP contribution in [0.2, 0.25) is 0 Å². The Morgan fingerprint density at radius 2 is 1.36 bits per heavy atom. The Morgan fingerprint density at radius 3 is 1.97 bits per heavy atom. The van der Waals surface area contributed by atoms with Crippen LogP contribution in [0.3, 0.4) is 0 Å². The summed E-state index contributed by atoms with van der Waals surface area (Å²) >= 11 is 1.22. The number of hydrogen-bond donors (Lipinski definition) is 2. The second-order valence-corrected chi connectivity index (χ2v) is 8.63. The van der Waals surface area contributed by atoms with Crippen molar-refractivity contribution in [1.29, 1.82) is 0 Å². The fourth-order valence-corrected chi connectivity index (χ4v) is 4.14. The minimum Gasteiger partial charge on any atom is -0.325 e. The minimum absolute atomic E-state index is 0.143. The van der Waals surface area contributed by atoms with Gasteiger partial charge in [-0.25, -0.2) is 8.78 Å². The molecule has 1 fully saturated rings. The highest BCUT2D eigenvalue weighted by Gasteiger charge is 2.21. The largest absolute Gasteiger partial charge is 0.325 e. The summed E-state index contributed by atoms with van der Waals surface area (Å²) in [6.07, 6.45) is 0. The molecule has 0 saturated carbocycles. The average Bonchev–Trinajstić information content (AvgIpc) is 3.27. The number of halogens is 2. The predicted octanol–water partition coefficient (Wildman–Crippen LogP) is 2.82. The molecule has 0 spiro atoms. The van der Waals surface area contributed by atoms with Gasteiger partial charge in [-0.15, -0.1) is 10.2 Å². The lowest BCUT2D eigenvalue weighted by Gasteiger charge is -2.33. The first-order valence-corrected chi connectivity index (χ1v) is 11.2. The van der Waals surface area contributed by atoms with Gasteiger partial charge in [0.05, 0.1) is 13.1 Å². The summed E-state index contributed by atoms with van der Waals surface area (Å²) in [5.74, 6) is -1.25. The van der Waals surface area contributed by atoms with Crippen molar-refractivity contribution in [2.75, 3.05) is 43.4 Å². The van der Waals surface area contributed by atoms with Crippen molar-refractivity contribution in [1.82, 2.24) is 20.0 Å². The van der Waals surface area contributed by atoms with Crippen molar-refractivity contribution in [3.8, 4) is 0 Å². The highest BCUT2D eigenvalue weighted by atomic mass is 32.1. The van der Waals surface area contributed by atoms with E-state index in [4.69, 9.17) is 0 Å². The van der Waals surface area contributed by atoms with Crippen molar-refractivity contribution in [2.24, 2.45) is 0 Å². The molecule has 0 unspecified atom stereocenters. The molecule has 33 heavy (non-hydrogen) atoms. The summed E-state index contributed by atoms with van der Waals surface area (Å²) in [7, 11) is 0. The summed E-state index contributed by atoms with van der Waals surface area (Å²) in [6, 6.07) is 11.2. The van der Waals surface area contributed by atoms with Crippen molar-refractivity contribution in [3.63, 3.8) is 0 Å². The third kappa shape index (κ3) is 6.60. The van der Waals surface area contributed by atoms with Crippen LogP contribution >= 0.6 is 11.3 Å². The summed E-state index contributed by atoms with van der Waals surface area (Å²) < 4.78 is 26.0. The number of anilines is 2. The Bertz CT molecular complexity index is 1100. The van der Waals surface area contributed by atoms with Gasteiger partial charge in [0.15, 0.2) is 0 Å². The zero-order chi connectivity index (χ0) is 23.2. The molecule has 8 nitrogen and oxygen atoms in total. The smallest absolute Gasteiger partial charge is 0.286 e. The summed E-state index contributed by atoms with van der Waals surface area (Å²) in [5.41, 5.74) is 1.05. The van der Waals surface area contributed by atoms with E-state index in [0.29, 0.717) is 31.0 Å². The van der Waals surface area contributed by atoms with E-state index < -0.39 is 0 Å². The molecule has 4 rings (SSSR count). The van der Waals surface area contributed by atoms with Crippen LogP contribution in [0.5, 0.6) is 0 Å². The zero-order valence-electron chi connectivity index (χ0n) is 17.6. The molecule has 0 radical (unpaired) electrons. The van der Waals surface area contributed by atoms with Gasteiger partial charge in [0.1, 0.15) is 16.6 Å². The Morgan fingerprint density at radius 1 is 0.818 bits per heavy atom. The standard InChI is InChI=1S/C22H22F2N6O2S/c23-15-1-5-17(6-2-15)25-19(31)13-29-9-11-30(12-10-29)14-20-27-28-22(33-20)21(32)26-18-7-3-16(24)4-8-18/h1-8H,9-14H2,(H,25,31)(H,26,32). The molecule has 3 aromatic rings. The maximum absolute atomic E-state index is 13.0. The number of benzene rings is 2. The topological polar surface area (TPSA) is 90.5 Å². The summed E-state index contributed by atoms with van der Waals surface area (Å²) in [6.45, 7) is 3.76. The highest BCUT2D eigenvalue weighted by molar-refractivity contribution is 7.13. The van der Waals surface area contributed by atoms with Gasteiger partial charge in [-0.3, -0.25) is 19.4 Å². The number of amides is 2. The lowest BCUT2D eigenvalue weighted by Crippen LogP contribution is -2.48. The third-order valence-corrected chi connectivity index (χ3v) is 5.99. The molecule has 1 aliphatic heterocycles. The fourth-order valence-electron chi connectivity index (χ4n) is 3.36. The molecule has 0 atom stereocenters. The van der Waals surface area contributed by atoms with Gasteiger partial charge in [-0.05, 0) is 48.5 Å². The fraction of sp³-hybridized carbons (Fsp3) is 0.273. The maximum atomic E-state index is 13.0. The van der Waals surface area contributed by atoms with Crippen LogP contribution in [-0.2, 0) is 11.3 Å². The van der Waals surface area contributed by atoms with Gasteiger partial charge in [0, 0.05) is 37.6 Å². The number of piperazine rings is 1. The quantitative estimate of drug-likeness (QED) is 0.550. The SMILES string of the molecule is O=C(CN1CCN(Cc2nnc(C(=O)Nc3ccc(F)cc3)s2)CC1)Nc1ccc(F)cc1. The minimum atomic E-state index is -0.387. The molecular weight excluding hydrogens is 450 g/mol. The number of carbonyl (C=O) groups excluding carboxylic acids is 2. The average molecular weight is 473 g/mol.